The molecule has 3 aromatic rings. The van der Waals surface area contributed by atoms with Crippen molar-refractivity contribution in [2.75, 3.05) is 13.2 Å². The van der Waals surface area contributed by atoms with Gasteiger partial charge in [0.1, 0.15) is 12.4 Å². The third kappa shape index (κ3) is 5.05. The van der Waals surface area contributed by atoms with Gasteiger partial charge in [-0.15, -0.1) is 0 Å². The average Bonchev–Trinajstić information content (AvgIpc) is 3.48. The summed E-state index contributed by atoms with van der Waals surface area (Å²) in [5.74, 6) is 0.0837. The molecule has 3 aliphatic carbocycles. The molecule has 1 heterocycles. The van der Waals surface area contributed by atoms with Crippen LogP contribution >= 0.6 is 0 Å². The number of carbonyl (C=O) groups excluding carboxylic acids is 1. The Hall–Kier alpha value is -3.52. The molecule has 2 saturated carbocycles. The van der Waals surface area contributed by atoms with E-state index in [1.54, 1.807) is 38.2 Å². The van der Waals surface area contributed by atoms with E-state index in [-0.39, 0.29) is 42.0 Å². The van der Waals surface area contributed by atoms with E-state index < -0.39 is 17.2 Å². The molecule has 2 fully saturated rings. The molecule has 0 aliphatic heterocycles. The highest BCUT2D eigenvalue weighted by molar-refractivity contribution is 5.79. The molecule has 0 unspecified atom stereocenters. The van der Waals surface area contributed by atoms with E-state index in [9.17, 15) is 18.7 Å². The highest BCUT2D eigenvalue weighted by atomic mass is 19.1. The Morgan fingerprint density at radius 3 is 2.65 bits per heavy atom. The van der Waals surface area contributed by atoms with Crippen LogP contribution in [0.3, 0.4) is 0 Å². The number of rotatable bonds is 9. The number of nitrogens with zero attached hydrogens (tertiary/aromatic N) is 1. The fourth-order valence-electron chi connectivity index (χ4n) is 6.49. The van der Waals surface area contributed by atoms with E-state index in [4.69, 9.17) is 14.2 Å². The first-order chi connectivity index (χ1) is 19.1. The lowest BCUT2D eigenvalue weighted by molar-refractivity contribution is -0.145. The normalized spacial score (nSPS) is 25.9. The van der Waals surface area contributed by atoms with Gasteiger partial charge in [-0.1, -0.05) is 6.07 Å². The number of pyridine rings is 1. The predicted molar refractivity (Wildman–Crippen MR) is 144 cm³/mol. The zero-order valence-corrected chi connectivity index (χ0v) is 22.9. The summed E-state index contributed by atoms with van der Waals surface area (Å²) in [6.07, 6.45) is 3.82. The van der Waals surface area contributed by atoms with Crippen molar-refractivity contribution in [3.8, 4) is 22.8 Å². The number of aryl methyl sites for hydroxylation is 1. The average molecular weight is 550 g/mol. The maximum absolute atomic E-state index is 14.9. The lowest BCUT2D eigenvalue weighted by Gasteiger charge is -2.40. The van der Waals surface area contributed by atoms with Crippen molar-refractivity contribution in [3.05, 3.63) is 76.5 Å². The molecule has 0 spiro atoms. The Bertz CT molecular complexity index is 1460. The first kappa shape index (κ1) is 26.7. The molecule has 40 heavy (non-hydrogen) atoms. The van der Waals surface area contributed by atoms with Gasteiger partial charge in [-0.2, -0.15) is 0 Å². The summed E-state index contributed by atoms with van der Waals surface area (Å²) in [6.45, 7) is 6.08. The van der Waals surface area contributed by atoms with Crippen molar-refractivity contribution in [3.63, 3.8) is 0 Å². The minimum Gasteiger partial charge on any atom is -0.490 e. The number of benzene rings is 2. The zero-order chi connectivity index (χ0) is 28.2. The Balaban J connectivity index is 1.12. The molecule has 2 aromatic carbocycles. The molecule has 6 rings (SSSR count). The van der Waals surface area contributed by atoms with Gasteiger partial charge in [-0.3, -0.25) is 4.79 Å². The fourth-order valence-corrected chi connectivity index (χ4v) is 6.49. The first-order valence-corrected chi connectivity index (χ1v) is 13.9. The number of halogens is 2. The molecule has 0 bridgehead atoms. The maximum Gasteiger partial charge on any atom is 0.309 e. The van der Waals surface area contributed by atoms with Crippen LogP contribution in [-0.4, -0.2) is 34.9 Å². The molecule has 0 saturated heterocycles. The molecule has 1 N–H and O–H groups in total. The molecule has 6 nitrogen and oxygen atoms in total. The van der Waals surface area contributed by atoms with Crippen LogP contribution < -0.4 is 9.47 Å². The van der Waals surface area contributed by atoms with Crippen LogP contribution in [0.1, 0.15) is 54.9 Å². The number of fused-ring (bicyclic) bond motifs is 3. The van der Waals surface area contributed by atoms with Gasteiger partial charge in [0.15, 0.2) is 11.6 Å². The smallest absolute Gasteiger partial charge is 0.309 e. The van der Waals surface area contributed by atoms with Crippen LogP contribution in [0.4, 0.5) is 8.78 Å². The summed E-state index contributed by atoms with van der Waals surface area (Å²) in [5.41, 5.74) is 3.85. The molecular weight excluding hydrogens is 516 g/mol. The van der Waals surface area contributed by atoms with E-state index in [1.165, 1.54) is 12.1 Å². The quantitative estimate of drug-likeness (QED) is 0.335. The van der Waals surface area contributed by atoms with Gasteiger partial charge in [0, 0.05) is 23.7 Å². The molecule has 1 aromatic heterocycles. The Morgan fingerprint density at radius 1 is 1.12 bits per heavy atom. The van der Waals surface area contributed by atoms with Crippen LogP contribution in [0.15, 0.2) is 42.6 Å². The van der Waals surface area contributed by atoms with Gasteiger partial charge in [0.25, 0.3) is 0 Å². The molecule has 3 atom stereocenters. The number of esters is 1. The minimum absolute atomic E-state index is 0.0297. The lowest BCUT2D eigenvalue weighted by atomic mass is 9.73. The second-order valence-electron chi connectivity index (χ2n) is 11.7. The van der Waals surface area contributed by atoms with Crippen molar-refractivity contribution >= 4 is 5.97 Å². The van der Waals surface area contributed by atoms with Gasteiger partial charge in [0.2, 0.25) is 5.88 Å². The second-order valence-corrected chi connectivity index (χ2v) is 11.7. The van der Waals surface area contributed by atoms with E-state index in [2.05, 4.69) is 4.98 Å². The number of aromatic nitrogens is 1. The Labute approximate surface area is 232 Å². The van der Waals surface area contributed by atoms with Crippen LogP contribution in [0, 0.1) is 36.3 Å². The molecule has 210 valence electrons. The van der Waals surface area contributed by atoms with Gasteiger partial charge in [0.05, 0.1) is 24.7 Å². The second kappa shape index (κ2) is 10.1. The molecule has 0 radical (unpaired) electrons. The monoisotopic (exact) mass is 549 g/mol. The van der Waals surface area contributed by atoms with Crippen molar-refractivity contribution in [1.82, 2.24) is 4.98 Å². The van der Waals surface area contributed by atoms with E-state index in [0.717, 1.165) is 17.5 Å². The third-order valence-electron chi connectivity index (χ3n) is 8.48. The number of hydrogen-bond acceptors (Lipinski definition) is 6. The van der Waals surface area contributed by atoms with Gasteiger partial charge in [-0.05, 0) is 104 Å². The SMILES string of the molecule is CCOC(=O)[C@H]1[C@@H]2Cc3cc(OCc4cc(-c5ccc(OCC6CC(C)(O)C6)c(F)c5)c(C)cc4F)ncc3[C@@H]21. The fraction of sp³-hybridized carbons (Fsp3) is 0.438. The Morgan fingerprint density at radius 2 is 1.93 bits per heavy atom. The van der Waals surface area contributed by atoms with Gasteiger partial charge >= 0.3 is 5.97 Å². The van der Waals surface area contributed by atoms with Crippen LogP contribution in [-0.2, 0) is 22.6 Å². The van der Waals surface area contributed by atoms with Crippen molar-refractivity contribution in [1.29, 1.82) is 0 Å². The highest BCUT2D eigenvalue weighted by Gasteiger charge is 2.60. The summed E-state index contributed by atoms with van der Waals surface area (Å²) in [6, 6.07) is 9.73. The largest absolute Gasteiger partial charge is 0.490 e. The van der Waals surface area contributed by atoms with Gasteiger partial charge < -0.3 is 19.3 Å². The topological polar surface area (TPSA) is 77.9 Å². The number of hydrogen-bond donors (Lipinski definition) is 1. The Kier molecular flexibility index (Phi) is 6.77. The highest BCUT2D eigenvalue weighted by Crippen LogP contribution is 2.61. The first-order valence-electron chi connectivity index (χ1n) is 13.9. The van der Waals surface area contributed by atoms with E-state index in [1.807, 2.05) is 13.0 Å². The molecular formula is C32H33F2NO5. The molecule has 3 aliphatic rings. The number of aliphatic hydroxyl groups is 1. The summed E-state index contributed by atoms with van der Waals surface area (Å²) < 4.78 is 46.4. The van der Waals surface area contributed by atoms with Crippen molar-refractivity contribution in [2.24, 2.45) is 17.8 Å². The number of ether oxygens (including phenoxy) is 3. The van der Waals surface area contributed by atoms with E-state index >= 15 is 0 Å². The summed E-state index contributed by atoms with van der Waals surface area (Å²) in [7, 11) is 0. The third-order valence-corrected chi connectivity index (χ3v) is 8.48. The van der Waals surface area contributed by atoms with Crippen LogP contribution in [0.5, 0.6) is 11.6 Å². The van der Waals surface area contributed by atoms with E-state index in [0.29, 0.717) is 54.2 Å². The molecule has 0 amide bonds. The van der Waals surface area contributed by atoms with Gasteiger partial charge in [-0.25, -0.2) is 13.8 Å². The van der Waals surface area contributed by atoms with Crippen molar-refractivity contribution in [2.45, 2.75) is 58.2 Å². The summed E-state index contributed by atoms with van der Waals surface area (Å²) >= 11 is 0. The maximum atomic E-state index is 14.9. The zero-order valence-electron chi connectivity index (χ0n) is 22.9. The van der Waals surface area contributed by atoms with Crippen LogP contribution in [0.25, 0.3) is 11.1 Å². The van der Waals surface area contributed by atoms with Crippen LogP contribution in [0.2, 0.25) is 0 Å². The minimum atomic E-state index is -0.649. The molecule has 8 heteroatoms. The van der Waals surface area contributed by atoms with Crippen molar-refractivity contribution < 1.29 is 32.9 Å². The summed E-state index contributed by atoms with van der Waals surface area (Å²) in [5, 5.41) is 9.87. The predicted octanol–water partition coefficient (Wildman–Crippen LogP) is 5.90. The number of carbonyl (C=O) groups is 1. The summed E-state index contributed by atoms with van der Waals surface area (Å²) in [4.78, 5) is 16.5. The lowest BCUT2D eigenvalue weighted by Crippen LogP contribution is -2.43. The standard InChI is InChI=1S/C32H33F2NO5/c1-4-38-31(36)30-23-8-20-11-28(35-14-24(20)29(23)30)40-16-21-9-22(17(2)7-25(21)33)19-5-6-27(26(34)10-19)39-15-18-12-32(3,37)13-18/h5-7,9-11,14,18,23,29-30,37H,4,8,12-13,15-16H2,1-3H3/t18?,23-,29-,30+,32?/m1/s1.